The molecule has 0 aliphatic heterocycles. The molecular formula is C32H44N2O4. The Morgan fingerprint density at radius 2 is 1.58 bits per heavy atom. The van der Waals surface area contributed by atoms with Crippen molar-refractivity contribution in [2.45, 2.75) is 83.7 Å². The Morgan fingerprint density at radius 1 is 0.895 bits per heavy atom. The summed E-state index contributed by atoms with van der Waals surface area (Å²) in [6, 6.07) is 10.7. The molecule has 2 aliphatic rings. The second kappa shape index (κ2) is 11.3. The summed E-state index contributed by atoms with van der Waals surface area (Å²) < 4.78 is 25.5. The van der Waals surface area contributed by atoms with Crippen molar-refractivity contribution in [2.75, 3.05) is 33.9 Å². The highest BCUT2D eigenvalue weighted by atomic mass is 16.7. The highest BCUT2D eigenvalue weighted by molar-refractivity contribution is 5.89. The molecule has 206 valence electrons. The van der Waals surface area contributed by atoms with E-state index >= 15 is 0 Å². The van der Waals surface area contributed by atoms with Crippen LogP contribution in [0.5, 0.6) is 11.5 Å². The van der Waals surface area contributed by atoms with Crippen LogP contribution in [0.2, 0.25) is 0 Å². The summed E-state index contributed by atoms with van der Waals surface area (Å²) in [6.45, 7) is 8.73. The van der Waals surface area contributed by atoms with Crippen LogP contribution in [0.15, 0.2) is 36.5 Å². The normalized spacial score (nSPS) is 17.2. The van der Waals surface area contributed by atoms with Crippen LogP contribution in [0.1, 0.15) is 67.7 Å². The van der Waals surface area contributed by atoms with Crippen molar-refractivity contribution in [3.8, 4) is 11.5 Å². The molecule has 1 N–H and O–H groups in total. The number of aromatic nitrogens is 1. The van der Waals surface area contributed by atoms with Crippen LogP contribution in [-0.2, 0) is 22.3 Å². The first-order valence-corrected chi connectivity index (χ1v) is 14.3. The van der Waals surface area contributed by atoms with Crippen LogP contribution in [0.25, 0.3) is 10.9 Å². The van der Waals surface area contributed by atoms with Crippen LogP contribution in [0.4, 0.5) is 0 Å². The van der Waals surface area contributed by atoms with Crippen LogP contribution >= 0.6 is 0 Å². The maximum atomic E-state index is 6.50. The first-order chi connectivity index (χ1) is 18.3. The van der Waals surface area contributed by atoms with E-state index in [9.17, 15) is 0 Å². The third-order valence-electron chi connectivity index (χ3n) is 7.72. The van der Waals surface area contributed by atoms with Gasteiger partial charge in [-0.25, -0.2) is 0 Å². The number of nitrogens with zero attached hydrogens (tertiary/aromatic N) is 1. The molecule has 2 aromatic carbocycles. The number of likely N-dealkylation sites (N-methyl/N-ethyl adjacent to an activating group) is 1. The van der Waals surface area contributed by atoms with Crippen molar-refractivity contribution < 1.29 is 18.9 Å². The number of aryl methyl sites for hydroxylation is 2. The fourth-order valence-corrected chi connectivity index (χ4v) is 5.02. The van der Waals surface area contributed by atoms with Gasteiger partial charge in [-0.1, -0.05) is 25.5 Å². The Balaban J connectivity index is 1.12. The quantitative estimate of drug-likeness (QED) is 0.178. The summed E-state index contributed by atoms with van der Waals surface area (Å²) in [4.78, 5) is 5.61. The number of hydrogen-bond donors (Lipinski definition) is 1. The van der Waals surface area contributed by atoms with E-state index in [4.69, 9.17) is 18.9 Å². The lowest BCUT2D eigenvalue weighted by Crippen LogP contribution is -2.26. The smallest absolute Gasteiger partial charge is 0.211 e. The fraction of sp³-hybridized carbons (Fsp3) is 0.562. The van der Waals surface area contributed by atoms with Gasteiger partial charge in [-0.15, -0.1) is 0 Å². The van der Waals surface area contributed by atoms with Crippen molar-refractivity contribution in [3.05, 3.63) is 58.8 Å². The summed E-state index contributed by atoms with van der Waals surface area (Å²) in [7, 11) is 4.21. The van der Waals surface area contributed by atoms with Gasteiger partial charge in [0.15, 0.2) is 0 Å². The van der Waals surface area contributed by atoms with Gasteiger partial charge in [0.05, 0.1) is 13.2 Å². The van der Waals surface area contributed by atoms with Crippen molar-refractivity contribution >= 4 is 10.9 Å². The number of ether oxygens (including phenoxy) is 4. The molecule has 2 saturated carbocycles. The Morgan fingerprint density at radius 3 is 2.21 bits per heavy atom. The molecule has 2 aliphatic carbocycles. The Bertz CT molecular complexity index is 1240. The summed E-state index contributed by atoms with van der Waals surface area (Å²) in [5.74, 6) is 0.902. The Hall–Kier alpha value is -2.54. The molecule has 0 unspecified atom stereocenters. The Labute approximate surface area is 227 Å². The van der Waals surface area contributed by atoms with Gasteiger partial charge in [0.25, 0.3) is 0 Å². The molecule has 0 radical (unpaired) electrons. The van der Waals surface area contributed by atoms with E-state index in [2.05, 4.69) is 75.2 Å². The summed E-state index contributed by atoms with van der Waals surface area (Å²) in [6.07, 6.45) is 9.81. The molecule has 0 spiro atoms. The van der Waals surface area contributed by atoms with Crippen molar-refractivity contribution in [2.24, 2.45) is 0 Å². The van der Waals surface area contributed by atoms with Gasteiger partial charge in [0.1, 0.15) is 11.5 Å². The average molecular weight is 521 g/mol. The molecule has 1 heterocycles. The molecule has 0 atom stereocenters. The van der Waals surface area contributed by atoms with E-state index in [0.717, 1.165) is 74.9 Å². The summed E-state index contributed by atoms with van der Waals surface area (Å²) in [5.41, 5.74) is 6.22. The van der Waals surface area contributed by atoms with Gasteiger partial charge >= 0.3 is 0 Å². The van der Waals surface area contributed by atoms with Crippen molar-refractivity contribution in [3.63, 3.8) is 0 Å². The first-order valence-electron chi connectivity index (χ1n) is 14.3. The van der Waals surface area contributed by atoms with E-state index in [1.54, 1.807) is 0 Å². The largest absolute Gasteiger partial charge is 0.462 e. The molecule has 3 aromatic rings. The zero-order valence-corrected chi connectivity index (χ0v) is 23.8. The van der Waals surface area contributed by atoms with E-state index in [1.165, 1.54) is 27.6 Å². The van der Waals surface area contributed by atoms with E-state index in [1.807, 2.05) is 6.07 Å². The van der Waals surface area contributed by atoms with E-state index in [0.29, 0.717) is 13.2 Å². The number of benzene rings is 2. The molecule has 2 fully saturated rings. The molecular weight excluding hydrogens is 476 g/mol. The van der Waals surface area contributed by atoms with Gasteiger partial charge in [-0.05, 0) is 87.7 Å². The maximum Gasteiger partial charge on any atom is 0.211 e. The van der Waals surface area contributed by atoms with Gasteiger partial charge in [-0.3, -0.25) is 0 Å². The molecule has 6 heteroatoms. The molecule has 0 saturated heterocycles. The highest BCUT2D eigenvalue weighted by Crippen LogP contribution is 2.45. The third-order valence-corrected chi connectivity index (χ3v) is 7.72. The minimum absolute atomic E-state index is 0.470. The van der Waals surface area contributed by atoms with Gasteiger partial charge in [0.2, 0.25) is 11.6 Å². The number of hydrogen-bond acceptors (Lipinski definition) is 5. The summed E-state index contributed by atoms with van der Waals surface area (Å²) >= 11 is 0. The second-order valence-corrected chi connectivity index (χ2v) is 11.4. The fourth-order valence-electron chi connectivity index (χ4n) is 5.02. The first kappa shape index (κ1) is 27.0. The number of fused-ring (bicyclic) bond motifs is 1. The van der Waals surface area contributed by atoms with Crippen molar-refractivity contribution in [1.82, 2.24) is 9.88 Å². The number of rotatable bonds is 15. The third kappa shape index (κ3) is 6.36. The average Bonchev–Trinajstić information content (AvgIpc) is 3.79. The van der Waals surface area contributed by atoms with Crippen LogP contribution < -0.4 is 9.47 Å². The topological polar surface area (TPSA) is 56.0 Å². The minimum atomic E-state index is -0.507. The predicted molar refractivity (Wildman–Crippen MR) is 152 cm³/mol. The molecule has 38 heavy (non-hydrogen) atoms. The lowest BCUT2D eigenvalue weighted by Gasteiger charge is -2.22. The summed E-state index contributed by atoms with van der Waals surface area (Å²) in [5, 5.41) is 1.17. The highest BCUT2D eigenvalue weighted by Gasteiger charge is 2.49. The standard InChI is InChI=1S/C32H44N2O4/c1-6-9-25-20-23(2)24(3)29(21-25)38-32(15-16-32)36-19-8-18-35-31(13-14-31)37-28-11-7-10-27-30(28)26(22-33-27)12-17-34(4)5/h7,10-11,20-22,33H,6,8-9,12-19H2,1-5H3. The number of H-pyrrole nitrogens is 1. The zero-order valence-electron chi connectivity index (χ0n) is 23.8. The van der Waals surface area contributed by atoms with Gasteiger partial charge in [0, 0.05) is 49.3 Å². The molecule has 1 aromatic heterocycles. The van der Waals surface area contributed by atoms with Gasteiger partial charge < -0.3 is 28.8 Å². The minimum Gasteiger partial charge on any atom is -0.462 e. The number of nitrogens with one attached hydrogen (secondary N) is 1. The number of aromatic amines is 1. The maximum absolute atomic E-state index is 6.50. The van der Waals surface area contributed by atoms with Crippen LogP contribution in [0, 0.1) is 13.8 Å². The van der Waals surface area contributed by atoms with Crippen LogP contribution in [-0.4, -0.2) is 55.3 Å². The Kier molecular flexibility index (Phi) is 8.03. The van der Waals surface area contributed by atoms with E-state index in [-0.39, 0.29) is 0 Å². The molecule has 5 rings (SSSR count). The molecule has 0 bridgehead atoms. The molecule has 0 amide bonds. The lowest BCUT2D eigenvalue weighted by atomic mass is 10.0. The second-order valence-electron chi connectivity index (χ2n) is 11.4. The predicted octanol–water partition coefficient (Wildman–Crippen LogP) is 6.70. The zero-order chi connectivity index (χ0) is 26.8. The van der Waals surface area contributed by atoms with Crippen LogP contribution in [0.3, 0.4) is 0 Å². The monoisotopic (exact) mass is 520 g/mol. The SMILES string of the molecule is CCCc1cc(C)c(C)c(OC2(OCCCOC3(Oc4cccc5[nH]cc(CCN(C)C)c45)CC3)CC2)c1. The van der Waals surface area contributed by atoms with Crippen molar-refractivity contribution in [1.29, 1.82) is 0 Å². The van der Waals surface area contributed by atoms with Gasteiger partial charge in [-0.2, -0.15) is 0 Å². The van der Waals surface area contributed by atoms with E-state index < -0.39 is 11.6 Å². The lowest BCUT2D eigenvalue weighted by molar-refractivity contribution is -0.129. The molecule has 6 nitrogen and oxygen atoms in total.